The summed E-state index contributed by atoms with van der Waals surface area (Å²) in [6.07, 6.45) is -0.0733. The number of rotatable bonds is 9. The summed E-state index contributed by atoms with van der Waals surface area (Å²) >= 11 is 1.97. The van der Waals surface area contributed by atoms with Crippen LogP contribution in [0.5, 0.6) is 11.5 Å². The second-order valence-corrected chi connectivity index (χ2v) is 10.3. The molecule has 33 heavy (non-hydrogen) atoms. The Kier molecular flexibility index (Phi) is 8.03. The van der Waals surface area contributed by atoms with Gasteiger partial charge in [-0.3, -0.25) is 4.79 Å². The number of hydrogen-bond donors (Lipinski definition) is 2. The second-order valence-electron chi connectivity index (χ2n) is 7.22. The van der Waals surface area contributed by atoms with Crippen LogP contribution >= 0.6 is 22.6 Å². The van der Waals surface area contributed by atoms with E-state index in [4.69, 9.17) is 10.5 Å². The number of carbonyl (C=O) groups is 1. The van der Waals surface area contributed by atoms with Crippen molar-refractivity contribution in [1.29, 1.82) is 0 Å². The van der Waals surface area contributed by atoms with E-state index < -0.39 is 27.6 Å². The fraction of sp³-hybridized carbons (Fsp3) is 0.174. The van der Waals surface area contributed by atoms with Crippen molar-refractivity contribution in [2.24, 2.45) is 5.73 Å². The highest BCUT2D eigenvalue weighted by atomic mass is 127. The van der Waals surface area contributed by atoms with Crippen LogP contribution < -0.4 is 15.2 Å². The van der Waals surface area contributed by atoms with Gasteiger partial charge in [0.1, 0.15) is 23.1 Å². The Morgan fingerprint density at radius 3 is 2.52 bits per heavy atom. The van der Waals surface area contributed by atoms with Crippen LogP contribution in [-0.2, 0) is 22.2 Å². The Morgan fingerprint density at radius 1 is 1.09 bits per heavy atom. The average Bonchev–Trinajstić information content (AvgIpc) is 2.69. The van der Waals surface area contributed by atoms with E-state index in [1.807, 2.05) is 22.6 Å². The van der Waals surface area contributed by atoms with Gasteiger partial charge in [0.25, 0.3) is 5.91 Å². The molecule has 0 aliphatic carbocycles. The molecule has 3 N–H and O–H groups in total. The lowest BCUT2D eigenvalue weighted by Crippen LogP contribution is -2.24. The van der Waals surface area contributed by atoms with E-state index in [2.05, 4.69) is 4.72 Å². The number of nitrogens with two attached hydrogens (primary N) is 1. The molecule has 0 bridgehead atoms. The molecule has 0 aromatic heterocycles. The molecular formula is C23H21F2IN2O4S. The molecule has 10 heteroatoms. The molecular weight excluding hydrogens is 565 g/mol. The Labute approximate surface area is 204 Å². The molecule has 0 heterocycles. The number of amides is 1. The van der Waals surface area contributed by atoms with Crippen LogP contribution in [0.3, 0.4) is 0 Å². The Bertz CT molecular complexity index is 1300. The minimum absolute atomic E-state index is 0.0733. The molecule has 0 saturated heterocycles. The first-order chi connectivity index (χ1) is 15.6. The van der Waals surface area contributed by atoms with Crippen LogP contribution in [0, 0.1) is 15.2 Å². The highest BCUT2D eigenvalue weighted by Crippen LogP contribution is 2.31. The molecule has 0 fully saturated rings. The van der Waals surface area contributed by atoms with E-state index in [0.29, 0.717) is 9.13 Å². The Balaban J connectivity index is 1.97. The van der Waals surface area contributed by atoms with Gasteiger partial charge < -0.3 is 10.5 Å². The minimum atomic E-state index is -3.53. The van der Waals surface area contributed by atoms with Crippen LogP contribution in [-0.4, -0.2) is 20.9 Å². The van der Waals surface area contributed by atoms with E-state index in [9.17, 15) is 22.0 Å². The molecule has 0 radical (unpaired) electrons. The van der Waals surface area contributed by atoms with E-state index >= 15 is 0 Å². The summed E-state index contributed by atoms with van der Waals surface area (Å²) in [5.74, 6) is -2.27. The van der Waals surface area contributed by atoms with Crippen molar-refractivity contribution in [3.8, 4) is 11.5 Å². The second kappa shape index (κ2) is 10.6. The maximum Gasteiger partial charge on any atom is 0.252 e. The molecule has 1 amide bonds. The normalized spacial score (nSPS) is 11.4. The topological polar surface area (TPSA) is 98.5 Å². The van der Waals surface area contributed by atoms with Gasteiger partial charge in [0.15, 0.2) is 0 Å². The van der Waals surface area contributed by atoms with Gasteiger partial charge in [-0.25, -0.2) is 21.9 Å². The number of ether oxygens (including phenoxy) is 1. The lowest BCUT2D eigenvalue weighted by Gasteiger charge is -2.15. The standard InChI is InChI=1S/C23H21F2IN2O4S/c1-2-28-33(30,31)13-14-4-3-5-19(8-14)32-21-11-17(24)10-16(22(21)23(27)29)9-15-6-7-18(26)12-20(15)25/h3-8,10-12,28H,2,9,13H2,1H3,(H2,27,29). The first-order valence-corrected chi connectivity index (χ1v) is 12.6. The molecule has 174 valence electrons. The zero-order valence-electron chi connectivity index (χ0n) is 17.6. The largest absolute Gasteiger partial charge is 0.456 e. The van der Waals surface area contributed by atoms with Gasteiger partial charge in [0.05, 0.1) is 11.3 Å². The van der Waals surface area contributed by atoms with E-state index in [0.717, 1.165) is 12.1 Å². The number of sulfonamides is 1. The highest BCUT2D eigenvalue weighted by molar-refractivity contribution is 14.1. The molecule has 0 atom stereocenters. The lowest BCUT2D eigenvalue weighted by atomic mass is 9.98. The van der Waals surface area contributed by atoms with E-state index in [-0.39, 0.29) is 46.9 Å². The number of hydrogen-bond acceptors (Lipinski definition) is 4. The van der Waals surface area contributed by atoms with Gasteiger partial charge >= 0.3 is 0 Å². The number of nitrogens with one attached hydrogen (secondary N) is 1. The Morgan fingerprint density at radius 2 is 1.85 bits per heavy atom. The first kappa shape index (κ1) is 25.1. The van der Waals surface area contributed by atoms with Gasteiger partial charge in [0, 0.05) is 22.6 Å². The molecule has 3 aromatic carbocycles. The van der Waals surface area contributed by atoms with Crippen molar-refractivity contribution in [1.82, 2.24) is 4.72 Å². The third-order valence-corrected chi connectivity index (χ3v) is 6.75. The first-order valence-electron chi connectivity index (χ1n) is 9.88. The fourth-order valence-electron chi connectivity index (χ4n) is 3.32. The van der Waals surface area contributed by atoms with E-state index in [1.54, 1.807) is 31.2 Å². The summed E-state index contributed by atoms with van der Waals surface area (Å²) in [7, 11) is -3.53. The van der Waals surface area contributed by atoms with Crippen molar-refractivity contribution in [3.05, 3.63) is 92.1 Å². The van der Waals surface area contributed by atoms with Crippen molar-refractivity contribution in [2.45, 2.75) is 19.1 Å². The van der Waals surface area contributed by atoms with Crippen molar-refractivity contribution in [2.75, 3.05) is 6.54 Å². The number of benzene rings is 3. The number of primary amides is 1. The van der Waals surface area contributed by atoms with Gasteiger partial charge in [-0.2, -0.15) is 0 Å². The number of halogens is 3. The zero-order valence-corrected chi connectivity index (χ0v) is 20.5. The van der Waals surface area contributed by atoms with Gasteiger partial charge in [-0.1, -0.05) is 25.1 Å². The molecule has 0 saturated carbocycles. The molecule has 3 rings (SSSR count). The smallest absolute Gasteiger partial charge is 0.252 e. The quantitative estimate of drug-likeness (QED) is 0.361. The summed E-state index contributed by atoms with van der Waals surface area (Å²) < 4.78 is 61.7. The Hall–Kier alpha value is -2.57. The van der Waals surface area contributed by atoms with Crippen LogP contribution in [0.2, 0.25) is 0 Å². The van der Waals surface area contributed by atoms with E-state index in [1.165, 1.54) is 18.2 Å². The van der Waals surface area contributed by atoms with Crippen LogP contribution in [0.1, 0.15) is 34.0 Å². The third-order valence-electron chi connectivity index (χ3n) is 4.64. The zero-order chi connectivity index (χ0) is 24.2. The lowest BCUT2D eigenvalue weighted by molar-refractivity contribution is 0.0997. The maximum atomic E-state index is 14.4. The van der Waals surface area contributed by atoms with Gasteiger partial charge in [0.2, 0.25) is 10.0 Å². The van der Waals surface area contributed by atoms with Crippen LogP contribution in [0.15, 0.2) is 54.6 Å². The van der Waals surface area contributed by atoms with Crippen LogP contribution in [0.4, 0.5) is 8.78 Å². The molecule has 0 aliphatic rings. The van der Waals surface area contributed by atoms with Crippen molar-refractivity contribution < 1.29 is 26.7 Å². The predicted molar refractivity (Wildman–Crippen MR) is 130 cm³/mol. The maximum absolute atomic E-state index is 14.4. The molecule has 0 unspecified atom stereocenters. The predicted octanol–water partition coefficient (Wildman–Crippen LogP) is 4.49. The summed E-state index contributed by atoms with van der Waals surface area (Å²) in [6, 6.07) is 12.9. The SMILES string of the molecule is CCNS(=O)(=O)Cc1cccc(Oc2cc(F)cc(Cc3ccc(I)cc3F)c2C(N)=O)c1. The molecule has 6 nitrogen and oxygen atoms in total. The third kappa shape index (κ3) is 6.71. The summed E-state index contributed by atoms with van der Waals surface area (Å²) in [5.41, 5.74) is 6.35. The molecule has 0 aliphatic heterocycles. The summed E-state index contributed by atoms with van der Waals surface area (Å²) in [6.45, 7) is 1.93. The minimum Gasteiger partial charge on any atom is -0.456 e. The van der Waals surface area contributed by atoms with Crippen molar-refractivity contribution >= 4 is 38.5 Å². The molecule has 3 aromatic rings. The summed E-state index contributed by atoms with van der Waals surface area (Å²) in [5, 5.41) is 0. The van der Waals surface area contributed by atoms with Crippen molar-refractivity contribution in [3.63, 3.8) is 0 Å². The summed E-state index contributed by atoms with van der Waals surface area (Å²) in [4.78, 5) is 12.2. The average molecular weight is 586 g/mol. The highest BCUT2D eigenvalue weighted by Gasteiger charge is 2.20. The number of carbonyl (C=O) groups excluding carboxylic acids is 1. The fourth-order valence-corrected chi connectivity index (χ4v) is 4.94. The van der Waals surface area contributed by atoms with Gasteiger partial charge in [-0.15, -0.1) is 0 Å². The monoisotopic (exact) mass is 586 g/mol. The molecule has 0 spiro atoms. The van der Waals surface area contributed by atoms with Crippen LogP contribution in [0.25, 0.3) is 0 Å². The van der Waals surface area contributed by atoms with Gasteiger partial charge in [-0.05, 0) is 69.6 Å².